The molecule has 0 spiro atoms. The minimum absolute atomic E-state index is 0.116. The summed E-state index contributed by atoms with van der Waals surface area (Å²) in [5.74, 6) is -1.33. The number of benzene rings is 3. The molecular weight excluding hydrogens is 376 g/mol. The fraction of sp³-hybridized carbons (Fsp3) is 0.136. The van der Waals surface area contributed by atoms with Crippen molar-refractivity contribution in [2.75, 3.05) is 15.5 Å². The molecule has 3 aromatic carbocycles. The molecule has 0 amide bonds. The molecule has 0 fully saturated rings. The van der Waals surface area contributed by atoms with Crippen molar-refractivity contribution >= 4 is 40.1 Å². The van der Waals surface area contributed by atoms with Gasteiger partial charge in [-0.25, -0.2) is 8.78 Å². The average Bonchev–Trinajstić information content (AvgIpc) is 2.66. The summed E-state index contributed by atoms with van der Waals surface area (Å²) >= 11 is 5.22. The molecule has 0 aliphatic rings. The standard InChI is InChI=1S/C22H21F2N3S/c1-15(2)27(18-6-4-3-5-7-18)19-11-9-17(10-12-19)25-22(28)26-21-13-8-16(23)14-20(21)24/h3-15H,1-2H3,(H2,25,26,28). The summed E-state index contributed by atoms with van der Waals surface area (Å²) in [6.07, 6.45) is 0. The Morgan fingerprint density at radius 3 is 2.11 bits per heavy atom. The molecule has 3 rings (SSSR count). The number of anilines is 4. The molecule has 0 heterocycles. The Morgan fingerprint density at radius 1 is 0.857 bits per heavy atom. The van der Waals surface area contributed by atoms with Gasteiger partial charge in [0.1, 0.15) is 11.6 Å². The predicted octanol–water partition coefficient (Wildman–Crippen LogP) is 6.32. The van der Waals surface area contributed by atoms with Crippen LogP contribution in [0, 0.1) is 11.6 Å². The zero-order valence-corrected chi connectivity index (χ0v) is 16.4. The molecule has 0 radical (unpaired) electrons. The van der Waals surface area contributed by atoms with Crippen LogP contribution in [0.4, 0.5) is 31.5 Å². The predicted molar refractivity (Wildman–Crippen MR) is 116 cm³/mol. The molecule has 0 atom stereocenters. The highest BCUT2D eigenvalue weighted by Gasteiger charge is 2.13. The SMILES string of the molecule is CC(C)N(c1ccccc1)c1ccc(NC(=S)Nc2ccc(F)cc2F)cc1. The first kappa shape index (κ1) is 19.8. The molecule has 3 aromatic rings. The van der Waals surface area contributed by atoms with Gasteiger partial charge in [-0.3, -0.25) is 0 Å². The molecule has 2 N–H and O–H groups in total. The summed E-state index contributed by atoms with van der Waals surface area (Å²) < 4.78 is 26.7. The van der Waals surface area contributed by atoms with Gasteiger partial charge in [0.15, 0.2) is 5.11 Å². The maximum atomic E-state index is 13.7. The normalized spacial score (nSPS) is 10.6. The van der Waals surface area contributed by atoms with Gasteiger partial charge in [-0.2, -0.15) is 0 Å². The topological polar surface area (TPSA) is 27.3 Å². The van der Waals surface area contributed by atoms with Crippen LogP contribution in [0.2, 0.25) is 0 Å². The van der Waals surface area contributed by atoms with Gasteiger partial charge in [0.05, 0.1) is 5.69 Å². The molecule has 0 aromatic heterocycles. The maximum absolute atomic E-state index is 13.7. The fourth-order valence-corrected chi connectivity index (χ4v) is 3.14. The molecule has 0 bridgehead atoms. The summed E-state index contributed by atoms with van der Waals surface area (Å²) in [5, 5.41) is 5.97. The Kier molecular flexibility index (Phi) is 6.21. The summed E-state index contributed by atoms with van der Waals surface area (Å²) in [4.78, 5) is 2.23. The van der Waals surface area contributed by atoms with E-state index in [0.717, 1.165) is 23.1 Å². The van der Waals surface area contributed by atoms with E-state index in [-0.39, 0.29) is 16.8 Å². The van der Waals surface area contributed by atoms with Crippen LogP contribution in [0.3, 0.4) is 0 Å². The Bertz CT molecular complexity index is 944. The van der Waals surface area contributed by atoms with E-state index in [1.807, 2.05) is 42.5 Å². The number of hydrogen-bond acceptors (Lipinski definition) is 2. The number of halogens is 2. The smallest absolute Gasteiger partial charge is 0.175 e. The van der Waals surface area contributed by atoms with Crippen molar-refractivity contribution < 1.29 is 8.78 Å². The van der Waals surface area contributed by atoms with Crippen molar-refractivity contribution in [1.29, 1.82) is 0 Å². The van der Waals surface area contributed by atoms with E-state index in [1.165, 1.54) is 12.1 Å². The lowest BCUT2D eigenvalue weighted by atomic mass is 10.2. The minimum Gasteiger partial charge on any atom is -0.339 e. The molecule has 0 aliphatic carbocycles. The van der Waals surface area contributed by atoms with Gasteiger partial charge in [-0.05, 0) is 74.6 Å². The Morgan fingerprint density at radius 2 is 1.50 bits per heavy atom. The Hall–Kier alpha value is -2.99. The second-order valence-corrected chi connectivity index (χ2v) is 6.96. The minimum atomic E-state index is -0.699. The van der Waals surface area contributed by atoms with E-state index >= 15 is 0 Å². The zero-order chi connectivity index (χ0) is 20.1. The van der Waals surface area contributed by atoms with Crippen molar-refractivity contribution in [2.45, 2.75) is 19.9 Å². The van der Waals surface area contributed by atoms with E-state index in [1.54, 1.807) is 0 Å². The highest BCUT2D eigenvalue weighted by atomic mass is 32.1. The first-order valence-corrected chi connectivity index (χ1v) is 9.32. The molecule has 3 nitrogen and oxygen atoms in total. The largest absolute Gasteiger partial charge is 0.339 e. The van der Waals surface area contributed by atoms with E-state index in [0.29, 0.717) is 0 Å². The quantitative estimate of drug-likeness (QED) is 0.493. The summed E-state index contributed by atoms with van der Waals surface area (Å²) in [5.41, 5.74) is 3.04. The third-order valence-electron chi connectivity index (χ3n) is 4.13. The van der Waals surface area contributed by atoms with Crippen LogP contribution >= 0.6 is 12.2 Å². The highest BCUT2D eigenvalue weighted by Crippen LogP contribution is 2.28. The first-order chi connectivity index (χ1) is 13.4. The number of thiocarbonyl (C=S) groups is 1. The van der Waals surface area contributed by atoms with Gasteiger partial charge >= 0.3 is 0 Å². The molecule has 6 heteroatoms. The van der Waals surface area contributed by atoms with E-state index in [2.05, 4.69) is 41.5 Å². The Balaban J connectivity index is 1.70. The zero-order valence-electron chi connectivity index (χ0n) is 15.6. The van der Waals surface area contributed by atoms with Crippen LogP contribution in [0.25, 0.3) is 0 Å². The second kappa shape index (κ2) is 8.80. The van der Waals surface area contributed by atoms with Crippen LogP contribution in [0.5, 0.6) is 0 Å². The number of rotatable bonds is 5. The van der Waals surface area contributed by atoms with E-state index < -0.39 is 11.6 Å². The van der Waals surface area contributed by atoms with Crippen LogP contribution < -0.4 is 15.5 Å². The summed E-state index contributed by atoms with van der Waals surface area (Å²) in [6, 6.07) is 21.5. The summed E-state index contributed by atoms with van der Waals surface area (Å²) in [6.45, 7) is 4.27. The van der Waals surface area contributed by atoms with Gasteiger partial charge in [-0.15, -0.1) is 0 Å². The fourth-order valence-electron chi connectivity index (χ4n) is 2.91. The van der Waals surface area contributed by atoms with Gasteiger partial charge in [0.2, 0.25) is 0 Å². The van der Waals surface area contributed by atoms with Gasteiger partial charge < -0.3 is 15.5 Å². The third-order valence-corrected chi connectivity index (χ3v) is 4.34. The molecular formula is C22H21F2N3S. The first-order valence-electron chi connectivity index (χ1n) is 8.91. The average molecular weight is 397 g/mol. The Labute approximate surface area is 169 Å². The molecule has 0 unspecified atom stereocenters. The molecule has 144 valence electrons. The number of hydrogen-bond donors (Lipinski definition) is 2. The summed E-state index contributed by atoms with van der Waals surface area (Å²) in [7, 11) is 0. The van der Waals surface area contributed by atoms with Gasteiger partial charge in [0.25, 0.3) is 0 Å². The van der Waals surface area contributed by atoms with Crippen molar-refractivity contribution in [3.8, 4) is 0 Å². The molecule has 0 saturated carbocycles. The lowest BCUT2D eigenvalue weighted by Gasteiger charge is -2.29. The van der Waals surface area contributed by atoms with Crippen molar-refractivity contribution in [3.05, 3.63) is 84.4 Å². The highest BCUT2D eigenvalue weighted by molar-refractivity contribution is 7.80. The van der Waals surface area contributed by atoms with E-state index in [4.69, 9.17) is 12.2 Å². The van der Waals surface area contributed by atoms with Crippen LogP contribution in [0.15, 0.2) is 72.8 Å². The third kappa shape index (κ3) is 4.84. The van der Waals surface area contributed by atoms with Gasteiger partial charge in [-0.1, -0.05) is 18.2 Å². The number of nitrogens with one attached hydrogen (secondary N) is 2. The molecule has 0 saturated heterocycles. The maximum Gasteiger partial charge on any atom is 0.175 e. The van der Waals surface area contributed by atoms with Crippen molar-refractivity contribution in [2.24, 2.45) is 0 Å². The van der Waals surface area contributed by atoms with Gasteiger partial charge in [0, 0.05) is 29.2 Å². The lowest BCUT2D eigenvalue weighted by molar-refractivity contribution is 0.586. The monoisotopic (exact) mass is 397 g/mol. The van der Waals surface area contributed by atoms with E-state index in [9.17, 15) is 8.78 Å². The van der Waals surface area contributed by atoms with Crippen LogP contribution in [0.1, 0.15) is 13.8 Å². The van der Waals surface area contributed by atoms with Crippen molar-refractivity contribution in [3.63, 3.8) is 0 Å². The van der Waals surface area contributed by atoms with Crippen LogP contribution in [-0.4, -0.2) is 11.2 Å². The number of para-hydroxylation sites is 1. The second-order valence-electron chi connectivity index (χ2n) is 6.55. The number of nitrogens with zero attached hydrogens (tertiary/aromatic N) is 1. The van der Waals surface area contributed by atoms with Crippen LogP contribution in [-0.2, 0) is 0 Å². The molecule has 0 aliphatic heterocycles. The molecule has 28 heavy (non-hydrogen) atoms. The lowest BCUT2D eigenvalue weighted by Crippen LogP contribution is -2.25. The van der Waals surface area contributed by atoms with Crippen molar-refractivity contribution in [1.82, 2.24) is 0 Å².